The Labute approximate surface area is 187 Å². The highest BCUT2D eigenvalue weighted by atomic mass is 32.1. The zero-order valence-corrected chi connectivity index (χ0v) is 19.1. The molecule has 0 amide bonds. The van der Waals surface area contributed by atoms with Gasteiger partial charge in [0.2, 0.25) is 0 Å². The number of rotatable bonds is 10. The number of ketones is 1. The van der Waals surface area contributed by atoms with Crippen LogP contribution in [0.25, 0.3) is 26.4 Å². The van der Waals surface area contributed by atoms with Crippen LogP contribution in [0.3, 0.4) is 0 Å². The molecule has 162 valence electrons. The van der Waals surface area contributed by atoms with Gasteiger partial charge in [-0.05, 0) is 56.2 Å². The van der Waals surface area contributed by atoms with Gasteiger partial charge in [-0.1, -0.05) is 49.4 Å². The Morgan fingerprint density at radius 2 is 1.87 bits per heavy atom. The highest BCUT2D eigenvalue weighted by Crippen LogP contribution is 2.30. The fourth-order valence-electron chi connectivity index (χ4n) is 3.93. The van der Waals surface area contributed by atoms with E-state index >= 15 is 0 Å². The molecule has 2 aromatic carbocycles. The first-order chi connectivity index (χ1) is 15.1. The molecule has 2 aromatic heterocycles. The maximum Gasteiger partial charge on any atom is 0.195 e. The molecular weight excluding hydrogens is 404 g/mol. The molecule has 0 spiro atoms. The lowest BCUT2D eigenvalue weighted by atomic mass is 10.1. The quantitative estimate of drug-likeness (QED) is 0.269. The summed E-state index contributed by atoms with van der Waals surface area (Å²) in [5.74, 6) is 0.230. The van der Waals surface area contributed by atoms with Gasteiger partial charge >= 0.3 is 0 Å². The Bertz CT molecular complexity index is 1170. The molecule has 4 aromatic rings. The number of thiazole rings is 1. The molecule has 0 atom stereocenters. The van der Waals surface area contributed by atoms with Gasteiger partial charge in [-0.25, -0.2) is 4.98 Å². The maximum atomic E-state index is 12.7. The molecule has 0 unspecified atom stereocenters. The summed E-state index contributed by atoms with van der Waals surface area (Å²) in [5.41, 5.74) is 10.7. The van der Waals surface area contributed by atoms with Gasteiger partial charge in [0, 0.05) is 30.3 Å². The summed E-state index contributed by atoms with van der Waals surface area (Å²) in [6, 6.07) is 14.2. The normalized spacial score (nSPS) is 11.7. The van der Waals surface area contributed by atoms with Crippen LogP contribution in [0.2, 0.25) is 0 Å². The highest BCUT2D eigenvalue weighted by molar-refractivity contribution is 7.23. The molecule has 0 bridgehead atoms. The van der Waals surface area contributed by atoms with Crippen molar-refractivity contribution in [3.63, 3.8) is 0 Å². The number of hydrogen-bond acceptors (Lipinski definition) is 5. The van der Waals surface area contributed by atoms with E-state index in [1.54, 1.807) is 11.3 Å². The number of carbonyl (C=O) groups excluding carboxylic acids is 1. The standard InChI is InChI=1S/C25H30N4OS/c1-3-28(4-2)14-6-5-7-23(30)20-12-13-22-24(15-20)31-25-27-21(17-29(22)25)19-10-8-18(16-26)9-11-19/h8-13,15,17H,3-7,14,16,26H2,1-2H3. The Hall–Kier alpha value is -2.54. The Kier molecular flexibility index (Phi) is 6.80. The molecule has 0 aliphatic rings. The SMILES string of the molecule is CCN(CC)CCCCC(=O)c1ccc2c(c1)sc1nc(-c3ccc(CN)cc3)cn12. The van der Waals surface area contributed by atoms with E-state index in [9.17, 15) is 4.79 Å². The number of aromatic nitrogens is 2. The van der Waals surface area contributed by atoms with Crippen molar-refractivity contribution in [2.45, 2.75) is 39.7 Å². The summed E-state index contributed by atoms with van der Waals surface area (Å²) in [6.07, 6.45) is 4.68. The van der Waals surface area contributed by atoms with E-state index in [1.165, 1.54) is 0 Å². The highest BCUT2D eigenvalue weighted by Gasteiger charge is 2.13. The predicted octanol–water partition coefficient (Wildman–Crippen LogP) is 5.37. The van der Waals surface area contributed by atoms with Crippen molar-refractivity contribution < 1.29 is 4.79 Å². The molecule has 0 saturated heterocycles. The Morgan fingerprint density at radius 3 is 2.58 bits per heavy atom. The largest absolute Gasteiger partial charge is 0.326 e. The van der Waals surface area contributed by atoms with Gasteiger partial charge in [0.15, 0.2) is 10.7 Å². The van der Waals surface area contributed by atoms with Gasteiger partial charge in [0.1, 0.15) is 0 Å². The van der Waals surface area contributed by atoms with Crippen LogP contribution in [-0.4, -0.2) is 39.7 Å². The molecule has 0 saturated carbocycles. The third kappa shape index (κ3) is 4.71. The van der Waals surface area contributed by atoms with Gasteiger partial charge < -0.3 is 10.6 Å². The number of nitrogens with zero attached hydrogens (tertiary/aromatic N) is 3. The average molecular weight is 435 g/mol. The van der Waals surface area contributed by atoms with Crippen molar-refractivity contribution in [1.82, 2.24) is 14.3 Å². The van der Waals surface area contributed by atoms with E-state index in [4.69, 9.17) is 10.7 Å². The van der Waals surface area contributed by atoms with Crippen LogP contribution in [0.1, 0.15) is 49.0 Å². The van der Waals surface area contributed by atoms with Crippen molar-refractivity contribution in [2.75, 3.05) is 19.6 Å². The Balaban J connectivity index is 1.47. The summed E-state index contributed by atoms with van der Waals surface area (Å²) >= 11 is 1.63. The van der Waals surface area contributed by atoms with E-state index in [0.29, 0.717) is 13.0 Å². The molecule has 0 aliphatic heterocycles. The van der Waals surface area contributed by atoms with E-state index in [0.717, 1.165) is 70.0 Å². The van der Waals surface area contributed by atoms with E-state index in [1.807, 2.05) is 30.3 Å². The number of imidazole rings is 1. The molecule has 4 rings (SSSR count). The van der Waals surface area contributed by atoms with Crippen LogP contribution >= 0.6 is 11.3 Å². The van der Waals surface area contributed by atoms with Crippen LogP contribution in [0.15, 0.2) is 48.7 Å². The lowest BCUT2D eigenvalue weighted by molar-refractivity contribution is 0.0978. The Morgan fingerprint density at radius 1 is 1.10 bits per heavy atom. The van der Waals surface area contributed by atoms with Crippen LogP contribution in [0, 0.1) is 0 Å². The third-order valence-corrected chi connectivity index (χ3v) is 6.94. The van der Waals surface area contributed by atoms with Gasteiger partial charge in [-0.2, -0.15) is 0 Å². The number of Topliss-reactive ketones (excluding diaryl/α,β-unsaturated/α-hetero) is 1. The molecular formula is C25H30N4OS. The topological polar surface area (TPSA) is 63.6 Å². The molecule has 0 fully saturated rings. The van der Waals surface area contributed by atoms with Crippen LogP contribution in [-0.2, 0) is 6.54 Å². The zero-order chi connectivity index (χ0) is 21.8. The lowest BCUT2D eigenvalue weighted by Crippen LogP contribution is -2.24. The first-order valence-electron chi connectivity index (χ1n) is 11.1. The minimum atomic E-state index is 0.230. The van der Waals surface area contributed by atoms with Crippen LogP contribution in [0.5, 0.6) is 0 Å². The molecule has 2 heterocycles. The average Bonchev–Trinajstić information content (AvgIpc) is 3.36. The van der Waals surface area contributed by atoms with E-state index in [-0.39, 0.29) is 5.78 Å². The first-order valence-corrected chi connectivity index (χ1v) is 11.9. The van der Waals surface area contributed by atoms with Crippen molar-refractivity contribution in [2.24, 2.45) is 5.73 Å². The van der Waals surface area contributed by atoms with Crippen molar-refractivity contribution in [3.05, 3.63) is 59.8 Å². The van der Waals surface area contributed by atoms with Crippen molar-refractivity contribution >= 4 is 32.3 Å². The third-order valence-electron chi connectivity index (χ3n) is 5.92. The molecule has 31 heavy (non-hydrogen) atoms. The second kappa shape index (κ2) is 9.73. The molecule has 5 nitrogen and oxygen atoms in total. The van der Waals surface area contributed by atoms with Crippen molar-refractivity contribution in [1.29, 1.82) is 0 Å². The number of benzene rings is 2. The van der Waals surface area contributed by atoms with Gasteiger partial charge in [-0.15, -0.1) is 0 Å². The van der Waals surface area contributed by atoms with Gasteiger partial charge in [0.25, 0.3) is 0 Å². The molecule has 0 radical (unpaired) electrons. The van der Waals surface area contributed by atoms with Crippen LogP contribution < -0.4 is 5.73 Å². The number of unbranched alkanes of at least 4 members (excludes halogenated alkanes) is 1. The summed E-state index contributed by atoms with van der Waals surface area (Å²) < 4.78 is 3.21. The maximum absolute atomic E-state index is 12.7. The van der Waals surface area contributed by atoms with Gasteiger partial charge in [-0.3, -0.25) is 9.20 Å². The number of nitrogens with two attached hydrogens (primary N) is 1. The summed E-state index contributed by atoms with van der Waals surface area (Å²) in [5, 5.41) is 0. The summed E-state index contributed by atoms with van der Waals surface area (Å²) in [6.45, 7) is 8.12. The molecule has 6 heteroatoms. The van der Waals surface area contributed by atoms with E-state index in [2.05, 4.69) is 41.5 Å². The number of hydrogen-bond donors (Lipinski definition) is 1. The first kappa shape index (κ1) is 21.7. The van der Waals surface area contributed by atoms with E-state index < -0.39 is 0 Å². The summed E-state index contributed by atoms with van der Waals surface area (Å²) in [7, 11) is 0. The smallest absolute Gasteiger partial charge is 0.195 e. The number of fused-ring (bicyclic) bond motifs is 3. The van der Waals surface area contributed by atoms with Crippen molar-refractivity contribution in [3.8, 4) is 11.3 Å². The van der Waals surface area contributed by atoms with Gasteiger partial charge in [0.05, 0.1) is 15.9 Å². The zero-order valence-electron chi connectivity index (χ0n) is 18.3. The minimum Gasteiger partial charge on any atom is -0.326 e. The second-order valence-corrected chi connectivity index (χ2v) is 8.88. The minimum absolute atomic E-state index is 0.230. The lowest BCUT2D eigenvalue weighted by Gasteiger charge is -2.17. The molecule has 2 N–H and O–H groups in total. The predicted molar refractivity (Wildman–Crippen MR) is 130 cm³/mol. The fraction of sp³-hybridized carbons (Fsp3) is 0.360. The van der Waals surface area contributed by atoms with Crippen LogP contribution in [0.4, 0.5) is 0 Å². The molecule has 0 aliphatic carbocycles. The fourth-order valence-corrected chi connectivity index (χ4v) is 4.98. The number of carbonyl (C=O) groups is 1. The second-order valence-electron chi connectivity index (χ2n) is 7.87. The summed E-state index contributed by atoms with van der Waals surface area (Å²) in [4.78, 5) is 20.8. The monoisotopic (exact) mass is 434 g/mol.